The first-order valence-corrected chi connectivity index (χ1v) is 9.24. The summed E-state index contributed by atoms with van der Waals surface area (Å²) in [6.07, 6.45) is 2.80. The first kappa shape index (κ1) is 20.2. The summed E-state index contributed by atoms with van der Waals surface area (Å²) < 4.78 is 0. The van der Waals surface area contributed by atoms with Crippen LogP contribution >= 0.6 is 0 Å². The maximum absolute atomic E-state index is 12.7. The Hall–Kier alpha value is -3.52. The zero-order valence-electron chi connectivity index (χ0n) is 16.1. The molecule has 2 aromatic carbocycles. The molecule has 3 rings (SSSR count). The van der Waals surface area contributed by atoms with E-state index in [1.807, 2.05) is 11.9 Å². The largest absolute Gasteiger partial charge is 0.336 e. The van der Waals surface area contributed by atoms with Crippen molar-refractivity contribution in [2.75, 3.05) is 38.5 Å². The highest BCUT2D eigenvalue weighted by atomic mass is 16.6. The molecule has 8 heteroatoms. The number of rotatable bonds is 5. The van der Waals surface area contributed by atoms with Gasteiger partial charge in [-0.15, -0.1) is 0 Å². The quantitative estimate of drug-likeness (QED) is 0.478. The van der Waals surface area contributed by atoms with Crippen LogP contribution < -0.4 is 5.32 Å². The summed E-state index contributed by atoms with van der Waals surface area (Å²) >= 11 is 0. The summed E-state index contributed by atoms with van der Waals surface area (Å²) in [5.74, 6) is -0.443. The highest BCUT2D eigenvalue weighted by molar-refractivity contribution is 6.03. The fourth-order valence-electron chi connectivity index (χ4n) is 3.02. The van der Waals surface area contributed by atoms with Crippen LogP contribution in [0.2, 0.25) is 0 Å². The lowest BCUT2D eigenvalue weighted by Gasteiger charge is -2.32. The number of piperazine rings is 1. The lowest BCUT2D eigenvalue weighted by atomic mass is 10.1. The normalized spacial score (nSPS) is 14.7. The van der Waals surface area contributed by atoms with E-state index in [9.17, 15) is 19.7 Å². The zero-order chi connectivity index (χ0) is 20.8. The Kier molecular flexibility index (Phi) is 6.36. The van der Waals surface area contributed by atoms with E-state index < -0.39 is 4.92 Å². The first-order chi connectivity index (χ1) is 13.9. The summed E-state index contributed by atoms with van der Waals surface area (Å²) in [6.45, 7) is 3.03. The standard InChI is InChI=1S/C21H22N4O4/c1-23-10-12-24(13-11-23)21(27)17-5-3-6-18(15-17)22-20(26)9-8-16-4-2-7-19(14-16)25(28)29/h2-9,14-15H,10-13H2,1H3,(H,22,26)/b9-8+. The molecule has 0 bridgehead atoms. The van der Waals surface area contributed by atoms with E-state index in [1.54, 1.807) is 36.4 Å². The molecule has 29 heavy (non-hydrogen) atoms. The number of nitrogens with zero attached hydrogens (tertiary/aromatic N) is 3. The van der Waals surface area contributed by atoms with Gasteiger partial charge < -0.3 is 15.1 Å². The molecule has 0 aliphatic carbocycles. The summed E-state index contributed by atoms with van der Waals surface area (Å²) in [6, 6.07) is 12.8. The van der Waals surface area contributed by atoms with Crippen LogP contribution in [0.4, 0.5) is 11.4 Å². The van der Waals surface area contributed by atoms with Crippen molar-refractivity contribution >= 4 is 29.3 Å². The molecule has 8 nitrogen and oxygen atoms in total. The first-order valence-electron chi connectivity index (χ1n) is 9.24. The molecule has 1 aliphatic heterocycles. The van der Waals surface area contributed by atoms with Gasteiger partial charge in [0.25, 0.3) is 11.6 Å². The minimum atomic E-state index is -0.486. The van der Waals surface area contributed by atoms with Gasteiger partial charge in [-0.25, -0.2) is 0 Å². The predicted molar refractivity (Wildman–Crippen MR) is 111 cm³/mol. The second-order valence-corrected chi connectivity index (χ2v) is 6.85. The molecule has 150 valence electrons. The fraction of sp³-hybridized carbons (Fsp3) is 0.238. The third kappa shape index (κ3) is 5.49. The molecular weight excluding hydrogens is 372 g/mol. The third-order valence-corrected chi connectivity index (χ3v) is 4.68. The van der Waals surface area contributed by atoms with Crippen LogP contribution in [0.3, 0.4) is 0 Å². The molecule has 2 amide bonds. The summed E-state index contributed by atoms with van der Waals surface area (Å²) in [5.41, 5.74) is 1.55. The average Bonchev–Trinajstić information content (AvgIpc) is 2.73. The molecular formula is C21H22N4O4. The maximum Gasteiger partial charge on any atom is 0.270 e. The number of anilines is 1. The van der Waals surface area contributed by atoms with Crippen molar-refractivity contribution in [3.05, 3.63) is 75.8 Å². The number of hydrogen-bond acceptors (Lipinski definition) is 5. The van der Waals surface area contributed by atoms with Crippen molar-refractivity contribution in [1.82, 2.24) is 9.80 Å². The number of amides is 2. The second kappa shape index (κ2) is 9.11. The smallest absolute Gasteiger partial charge is 0.270 e. The summed E-state index contributed by atoms with van der Waals surface area (Å²) in [7, 11) is 2.03. The number of hydrogen-bond donors (Lipinski definition) is 1. The van der Waals surface area contributed by atoms with E-state index in [4.69, 9.17) is 0 Å². The van der Waals surface area contributed by atoms with Crippen LogP contribution in [-0.2, 0) is 4.79 Å². The Morgan fingerprint density at radius 3 is 2.52 bits per heavy atom. The van der Waals surface area contributed by atoms with E-state index in [1.165, 1.54) is 24.3 Å². The Bertz CT molecular complexity index is 949. The van der Waals surface area contributed by atoms with Gasteiger partial charge in [-0.05, 0) is 36.9 Å². The molecule has 0 atom stereocenters. The van der Waals surface area contributed by atoms with Gasteiger partial charge in [0.05, 0.1) is 4.92 Å². The average molecular weight is 394 g/mol. The van der Waals surface area contributed by atoms with Crippen molar-refractivity contribution in [2.24, 2.45) is 0 Å². The van der Waals surface area contributed by atoms with E-state index in [0.29, 0.717) is 29.9 Å². The van der Waals surface area contributed by atoms with Crippen molar-refractivity contribution in [3.63, 3.8) is 0 Å². The van der Waals surface area contributed by atoms with Crippen molar-refractivity contribution < 1.29 is 14.5 Å². The molecule has 1 N–H and O–H groups in total. The van der Waals surface area contributed by atoms with Gasteiger partial charge in [-0.3, -0.25) is 19.7 Å². The van der Waals surface area contributed by atoms with E-state index in [2.05, 4.69) is 10.2 Å². The minimum Gasteiger partial charge on any atom is -0.336 e. The highest BCUT2D eigenvalue weighted by Gasteiger charge is 2.20. The van der Waals surface area contributed by atoms with Crippen molar-refractivity contribution in [3.8, 4) is 0 Å². The number of likely N-dealkylation sites (N-methyl/N-ethyl adjacent to an activating group) is 1. The SMILES string of the molecule is CN1CCN(C(=O)c2cccc(NC(=O)/C=C/c3cccc([N+](=O)[O-])c3)c2)CC1. The summed E-state index contributed by atoms with van der Waals surface area (Å²) in [4.78, 5) is 39.2. The second-order valence-electron chi connectivity index (χ2n) is 6.85. The molecule has 1 fully saturated rings. The lowest BCUT2D eigenvalue weighted by molar-refractivity contribution is -0.384. The lowest BCUT2D eigenvalue weighted by Crippen LogP contribution is -2.47. The van der Waals surface area contributed by atoms with E-state index in [0.717, 1.165) is 13.1 Å². The van der Waals surface area contributed by atoms with E-state index in [-0.39, 0.29) is 17.5 Å². The molecule has 1 heterocycles. The predicted octanol–water partition coefficient (Wildman–Crippen LogP) is 2.63. The van der Waals surface area contributed by atoms with Crippen LogP contribution in [0.15, 0.2) is 54.6 Å². The van der Waals surface area contributed by atoms with Gasteiger partial charge in [0.1, 0.15) is 0 Å². The number of carbonyl (C=O) groups is 2. The van der Waals surface area contributed by atoms with Crippen molar-refractivity contribution in [2.45, 2.75) is 0 Å². The molecule has 2 aromatic rings. The molecule has 0 aromatic heterocycles. The molecule has 0 radical (unpaired) electrons. The highest BCUT2D eigenvalue weighted by Crippen LogP contribution is 2.16. The maximum atomic E-state index is 12.7. The van der Waals surface area contributed by atoms with Crippen LogP contribution in [0, 0.1) is 10.1 Å². The monoisotopic (exact) mass is 394 g/mol. The Morgan fingerprint density at radius 2 is 1.79 bits per heavy atom. The number of nitro benzene ring substituents is 1. The zero-order valence-corrected chi connectivity index (χ0v) is 16.1. The molecule has 0 unspecified atom stereocenters. The van der Waals surface area contributed by atoms with Gasteiger partial charge in [0, 0.05) is 55.6 Å². The number of non-ortho nitro benzene ring substituents is 1. The topological polar surface area (TPSA) is 95.8 Å². The van der Waals surface area contributed by atoms with Crippen LogP contribution in [0.25, 0.3) is 6.08 Å². The molecule has 1 saturated heterocycles. The number of nitrogens with one attached hydrogen (secondary N) is 1. The fourth-order valence-corrected chi connectivity index (χ4v) is 3.02. The van der Waals surface area contributed by atoms with Gasteiger partial charge in [-0.1, -0.05) is 18.2 Å². The van der Waals surface area contributed by atoms with Crippen LogP contribution in [0.1, 0.15) is 15.9 Å². The molecule has 0 spiro atoms. The number of carbonyl (C=O) groups excluding carboxylic acids is 2. The Morgan fingerprint density at radius 1 is 1.07 bits per heavy atom. The van der Waals surface area contributed by atoms with Gasteiger partial charge >= 0.3 is 0 Å². The Balaban J connectivity index is 1.63. The molecule has 0 saturated carbocycles. The summed E-state index contributed by atoms with van der Waals surface area (Å²) in [5, 5.41) is 13.5. The minimum absolute atomic E-state index is 0.0392. The number of benzene rings is 2. The third-order valence-electron chi connectivity index (χ3n) is 4.68. The number of nitro groups is 1. The van der Waals surface area contributed by atoms with Gasteiger partial charge in [0.15, 0.2) is 0 Å². The van der Waals surface area contributed by atoms with Crippen molar-refractivity contribution in [1.29, 1.82) is 0 Å². The van der Waals surface area contributed by atoms with Gasteiger partial charge in [0.2, 0.25) is 5.91 Å². The van der Waals surface area contributed by atoms with Gasteiger partial charge in [-0.2, -0.15) is 0 Å². The van der Waals surface area contributed by atoms with E-state index >= 15 is 0 Å². The van der Waals surface area contributed by atoms with Crippen LogP contribution in [-0.4, -0.2) is 59.8 Å². The van der Waals surface area contributed by atoms with Crippen LogP contribution in [0.5, 0.6) is 0 Å². The molecule has 1 aliphatic rings. The Labute approximate surface area is 168 Å².